The van der Waals surface area contributed by atoms with Crippen molar-refractivity contribution in [1.82, 2.24) is 0 Å². The monoisotopic (exact) mass is 548 g/mol. The molecule has 9 heteroatoms. The molecule has 210 valence electrons. The standard InChI is InChI=1S/C31H32O9/c1-20(32)37-27-26(40-30(35)29(39-22(3)34)28(27)38-21(2)33)19-36-31(23-13-7-4-8-14-23,24-15-9-5-10-16-24)25-17-11-6-12-18-25/h4-18,26-30,35H,19H2,1-3H3/t26-,27-,28+,29+,30+/m1/s1. The third-order valence-corrected chi connectivity index (χ3v) is 6.52. The zero-order valence-electron chi connectivity index (χ0n) is 22.5. The fourth-order valence-electron chi connectivity index (χ4n) is 4.98. The molecule has 1 fully saturated rings. The number of ether oxygens (including phenoxy) is 5. The molecule has 0 aliphatic carbocycles. The molecule has 0 radical (unpaired) electrons. The van der Waals surface area contributed by atoms with Gasteiger partial charge in [-0.05, 0) is 16.7 Å². The predicted octanol–water partition coefficient (Wildman–Crippen LogP) is 3.51. The van der Waals surface area contributed by atoms with Crippen molar-refractivity contribution >= 4 is 17.9 Å². The molecule has 0 aromatic heterocycles. The number of aliphatic hydroxyl groups is 1. The predicted molar refractivity (Wildman–Crippen MR) is 143 cm³/mol. The molecule has 0 bridgehead atoms. The number of carbonyl (C=O) groups is 3. The molecule has 1 saturated heterocycles. The topological polar surface area (TPSA) is 118 Å². The highest BCUT2D eigenvalue weighted by Crippen LogP contribution is 2.41. The Morgan fingerprint density at radius 1 is 0.650 bits per heavy atom. The summed E-state index contributed by atoms with van der Waals surface area (Å²) in [6, 6.07) is 28.8. The largest absolute Gasteiger partial charge is 0.456 e. The first-order valence-electron chi connectivity index (χ1n) is 12.9. The molecular weight excluding hydrogens is 516 g/mol. The number of aliphatic hydroxyl groups excluding tert-OH is 1. The van der Waals surface area contributed by atoms with E-state index in [1.54, 1.807) is 0 Å². The van der Waals surface area contributed by atoms with Gasteiger partial charge in [0.1, 0.15) is 11.7 Å². The zero-order valence-corrected chi connectivity index (χ0v) is 22.5. The summed E-state index contributed by atoms with van der Waals surface area (Å²) in [7, 11) is 0. The summed E-state index contributed by atoms with van der Waals surface area (Å²) < 4.78 is 28.8. The first-order chi connectivity index (χ1) is 19.2. The number of esters is 3. The van der Waals surface area contributed by atoms with E-state index in [1.165, 1.54) is 6.92 Å². The van der Waals surface area contributed by atoms with Crippen LogP contribution in [0.1, 0.15) is 37.5 Å². The summed E-state index contributed by atoms with van der Waals surface area (Å²) >= 11 is 0. The Bertz CT molecular complexity index is 1180. The first kappa shape index (κ1) is 28.9. The molecule has 3 aromatic carbocycles. The van der Waals surface area contributed by atoms with Crippen LogP contribution < -0.4 is 0 Å². The van der Waals surface area contributed by atoms with Gasteiger partial charge in [0.15, 0.2) is 24.6 Å². The minimum Gasteiger partial charge on any atom is -0.456 e. The van der Waals surface area contributed by atoms with E-state index in [1.807, 2.05) is 91.0 Å². The average Bonchev–Trinajstić information content (AvgIpc) is 2.94. The summed E-state index contributed by atoms with van der Waals surface area (Å²) in [6.45, 7) is 3.28. The van der Waals surface area contributed by atoms with Crippen LogP contribution >= 0.6 is 0 Å². The van der Waals surface area contributed by atoms with Crippen molar-refractivity contribution in [1.29, 1.82) is 0 Å². The van der Waals surface area contributed by atoms with Crippen molar-refractivity contribution in [2.75, 3.05) is 6.61 Å². The van der Waals surface area contributed by atoms with Gasteiger partial charge in [-0.3, -0.25) is 14.4 Å². The lowest BCUT2D eigenvalue weighted by atomic mass is 9.80. The molecule has 0 spiro atoms. The Kier molecular flexibility index (Phi) is 9.31. The van der Waals surface area contributed by atoms with Crippen molar-refractivity contribution < 1.29 is 43.2 Å². The van der Waals surface area contributed by atoms with Crippen LogP contribution in [0, 0.1) is 0 Å². The fraction of sp³-hybridized carbons (Fsp3) is 0.323. The maximum absolute atomic E-state index is 12.1. The molecule has 40 heavy (non-hydrogen) atoms. The Balaban J connectivity index is 1.79. The van der Waals surface area contributed by atoms with E-state index in [-0.39, 0.29) is 6.61 Å². The van der Waals surface area contributed by atoms with E-state index < -0.39 is 54.2 Å². The average molecular weight is 549 g/mol. The molecule has 1 N–H and O–H groups in total. The van der Waals surface area contributed by atoms with Crippen LogP contribution in [0.2, 0.25) is 0 Å². The second-order valence-corrected chi connectivity index (χ2v) is 9.38. The van der Waals surface area contributed by atoms with Crippen LogP contribution in [0.25, 0.3) is 0 Å². The number of carbonyl (C=O) groups excluding carboxylic acids is 3. The summed E-state index contributed by atoms with van der Waals surface area (Å²) in [6.07, 6.45) is -6.82. The molecular formula is C31H32O9. The summed E-state index contributed by atoms with van der Waals surface area (Å²) in [5.41, 5.74) is 1.33. The minimum atomic E-state index is -1.69. The summed E-state index contributed by atoms with van der Waals surface area (Å²) in [5, 5.41) is 10.8. The molecule has 0 amide bonds. The van der Waals surface area contributed by atoms with Crippen molar-refractivity contribution in [2.45, 2.75) is 57.1 Å². The third-order valence-electron chi connectivity index (χ3n) is 6.52. The lowest BCUT2D eigenvalue weighted by Crippen LogP contribution is -2.62. The fourth-order valence-corrected chi connectivity index (χ4v) is 4.98. The van der Waals surface area contributed by atoms with E-state index in [2.05, 4.69) is 0 Å². The molecule has 0 unspecified atom stereocenters. The Morgan fingerprint density at radius 2 is 1.02 bits per heavy atom. The minimum absolute atomic E-state index is 0.210. The van der Waals surface area contributed by atoms with E-state index in [0.29, 0.717) is 0 Å². The highest BCUT2D eigenvalue weighted by atomic mass is 16.7. The van der Waals surface area contributed by atoms with Gasteiger partial charge in [0, 0.05) is 20.8 Å². The van der Waals surface area contributed by atoms with Gasteiger partial charge in [0.2, 0.25) is 0 Å². The third kappa shape index (κ3) is 6.39. The highest BCUT2D eigenvalue weighted by molar-refractivity contribution is 5.68. The van der Waals surface area contributed by atoms with Gasteiger partial charge in [-0.25, -0.2) is 0 Å². The SMILES string of the molecule is CC(=O)O[C@@H]1[C@H](OC(C)=O)[C@@H](O)O[C@H](COC(c2ccccc2)(c2ccccc2)c2ccccc2)[C@H]1OC(C)=O. The number of benzene rings is 3. The second-order valence-electron chi connectivity index (χ2n) is 9.38. The Labute approximate surface area is 232 Å². The van der Waals surface area contributed by atoms with Gasteiger partial charge in [0.25, 0.3) is 0 Å². The van der Waals surface area contributed by atoms with Gasteiger partial charge in [-0.2, -0.15) is 0 Å². The van der Waals surface area contributed by atoms with Crippen LogP contribution in [-0.2, 0) is 43.7 Å². The quantitative estimate of drug-likeness (QED) is 0.244. The molecule has 0 saturated carbocycles. The van der Waals surface area contributed by atoms with Crippen LogP contribution in [0.5, 0.6) is 0 Å². The zero-order chi connectivity index (χ0) is 28.7. The smallest absolute Gasteiger partial charge is 0.303 e. The van der Waals surface area contributed by atoms with E-state index >= 15 is 0 Å². The molecule has 4 rings (SSSR count). The maximum Gasteiger partial charge on any atom is 0.303 e. The molecule has 1 aliphatic rings. The van der Waals surface area contributed by atoms with E-state index in [4.69, 9.17) is 23.7 Å². The van der Waals surface area contributed by atoms with Crippen LogP contribution in [0.4, 0.5) is 0 Å². The van der Waals surface area contributed by atoms with Gasteiger partial charge < -0.3 is 28.8 Å². The Morgan fingerprint density at radius 3 is 1.43 bits per heavy atom. The number of rotatable bonds is 9. The second kappa shape index (κ2) is 12.9. The van der Waals surface area contributed by atoms with Gasteiger partial charge in [-0.15, -0.1) is 0 Å². The summed E-state index contributed by atoms with van der Waals surface area (Å²) in [4.78, 5) is 35.9. The van der Waals surface area contributed by atoms with Crippen LogP contribution in [0.15, 0.2) is 91.0 Å². The molecule has 1 heterocycles. The first-order valence-corrected chi connectivity index (χ1v) is 12.9. The van der Waals surface area contributed by atoms with Gasteiger partial charge in [0.05, 0.1) is 6.61 Å². The van der Waals surface area contributed by atoms with Crippen molar-refractivity contribution in [3.8, 4) is 0 Å². The van der Waals surface area contributed by atoms with E-state index in [0.717, 1.165) is 30.5 Å². The van der Waals surface area contributed by atoms with Crippen molar-refractivity contribution in [3.05, 3.63) is 108 Å². The van der Waals surface area contributed by atoms with Crippen molar-refractivity contribution in [3.63, 3.8) is 0 Å². The van der Waals surface area contributed by atoms with Gasteiger partial charge >= 0.3 is 17.9 Å². The van der Waals surface area contributed by atoms with Crippen molar-refractivity contribution in [2.24, 2.45) is 0 Å². The van der Waals surface area contributed by atoms with E-state index in [9.17, 15) is 19.5 Å². The number of hydrogen-bond donors (Lipinski definition) is 1. The highest BCUT2D eigenvalue weighted by Gasteiger charge is 2.52. The maximum atomic E-state index is 12.1. The molecule has 5 atom stereocenters. The number of hydrogen-bond acceptors (Lipinski definition) is 9. The van der Waals surface area contributed by atoms with Gasteiger partial charge in [-0.1, -0.05) is 91.0 Å². The van der Waals surface area contributed by atoms with Crippen LogP contribution in [-0.4, -0.2) is 60.3 Å². The molecule has 3 aromatic rings. The summed E-state index contributed by atoms with van der Waals surface area (Å²) in [5.74, 6) is -2.15. The molecule has 1 aliphatic heterocycles. The lowest BCUT2D eigenvalue weighted by molar-refractivity contribution is -0.299. The normalized spacial score (nSPS) is 22.6. The lowest BCUT2D eigenvalue weighted by Gasteiger charge is -2.44. The molecule has 9 nitrogen and oxygen atoms in total. The Hall–Kier alpha value is -4.05. The van der Waals surface area contributed by atoms with Crippen LogP contribution in [0.3, 0.4) is 0 Å².